The van der Waals surface area contributed by atoms with Crippen LogP contribution in [0.25, 0.3) is 11.5 Å². The second-order valence-electron chi connectivity index (χ2n) is 6.59. The number of amides is 2. The highest BCUT2D eigenvalue weighted by Crippen LogP contribution is 2.35. The number of piperazine rings is 1. The van der Waals surface area contributed by atoms with Crippen molar-refractivity contribution in [3.8, 4) is 23.0 Å². The van der Waals surface area contributed by atoms with Crippen LogP contribution in [0, 0.1) is 0 Å². The van der Waals surface area contributed by atoms with Gasteiger partial charge in [-0.05, 0) is 25.1 Å². The number of fused-ring (bicyclic) bond motifs is 1. The van der Waals surface area contributed by atoms with Gasteiger partial charge in [0.05, 0.1) is 0 Å². The van der Waals surface area contributed by atoms with Crippen LogP contribution in [0.2, 0.25) is 0 Å². The van der Waals surface area contributed by atoms with Gasteiger partial charge in [-0.3, -0.25) is 9.59 Å². The molecule has 2 aliphatic rings. The van der Waals surface area contributed by atoms with Crippen molar-refractivity contribution in [2.75, 3.05) is 26.9 Å². The van der Waals surface area contributed by atoms with E-state index in [-0.39, 0.29) is 25.0 Å². The number of hydrogen-bond acceptors (Lipinski definition) is 7. The van der Waals surface area contributed by atoms with Crippen LogP contribution in [-0.4, -0.2) is 64.8 Å². The van der Waals surface area contributed by atoms with Crippen molar-refractivity contribution in [2.45, 2.75) is 25.8 Å². The van der Waals surface area contributed by atoms with Crippen LogP contribution in [0.3, 0.4) is 0 Å². The zero-order valence-corrected chi connectivity index (χ0v) is 15.2. The normalized spacial score (nSPS) is 18.9. The monoisotopic (exact) mass is 372 g/mol. The molecule has 2 amide bonds. The van der Waals surface area contributed by atoms with Crippen LogP contribution in [0.4, 0.5) is 0 Å². The molecule has 1 atom stereocenters. The van der Waals surface area contributed by atoms with Crippen molar-refractivity contribution in [3.63, 3.8) is 0 Å². The van der Waals surface area contributed by atoms with Crippen LogP contribution in [0.5, 0.6) is 11.5 Å². The van der Waals surface area contributed by atoms with E-state index in [9.17, 15) is 9.59 Å². The molecular formula is C18H20N4O5. The number of likely N-dealkylation sites (N-methyl/N-ethyl adjacent to an activating group) is 1. The number of aryl methyl sites for hydroxylation is 1. The summed E-state index contributed by atoms with van der Waals surface area (Å²) in [5, 5.41) is 8.06. The van der Waals surface area contributed by atoms with Crippen LogP contribution in [-0.2, 0) is 16.0 Å². The summed E-state index contributed by atoms with van der Waals surface area (Å²) in [6, 6.07) is 4.94. The Labute approximate surface area is 155 Å². The zero-order valence-electron chi connectivity index (χ0n) is 15.2. The number of benzene rings is 1. The summed E-state index contributed by atoms with van der Waals surface area (Å²) in [6.07, 6.45) is 0.535. The fourth-order valence-corrected chi connectivity index (χ4v) is 3.21. The van der Waals surface area contributed by atoms with E-state index in [1.54, 1.807) is 35.9 Å². The lowest BCUT2D eigenvalue weighted by molar-refractivity contribution is -0.149. The fourth-order valence-electron chi connectivity index (χ4n) is 3.21. The minimum absolute atomic E-state index is 0.0440. The lowest BCUT2D eigenvalue weighted by Gasteiger charge is -2.37. The summed E-state index contributed by atoms with van der Waals surface area (Å²) in [5.41, 5.74) is 0.725. The van der Waals surface area contributed by atoms with Gasteiger partial charge in [0, 0.05) is 38.5 Å². The number of carbonyl (C=O) groups is 2. The summed E-state index contributed by atoms with van der Waals surface area (Å²) < 4.78 is 16.3. The smallest absolute Gasteiger partial charge is 0.247 e. The highest BCUT2D eigenvalue weighted by atomic mass is 16.7. The first kappa shape index (κ1) is 17.3. The van der Waals surface area contributed by atoms with Crippen LogP contribution in [0.1, 0.15) is 19.2 Å². The Bertz CT molecular complexity index is 880. The molecule has 0 saturated carbocycles. The van der Waals surface area contributed by atoms with Gasteiger partial charge < -0.3 is 23.7 Å². The van der Waals surface area contributed by atoms with E-state index in [4.69, 9.17) is 13.9 Å². The van der Waals surface area contributed by atoms with Gasteiger partial charge >= 0.3 is 0 Å². The van der Waals surface area contributed by atoms with Crippen molar-refractivity contribution in [1.29, 1.82) is 0 Å². The summed E-state index contributed by atoms with van der Waals surface area (Å²) in [5.74, 6) is 1.92. The maximum absolute atomic E-state index is 12.5. The van der Waals surface area contributed by atoms with Crippen molar-refractivity contribution in [1.82, 2.24) is 20.0 Å². The summed E-state index contributed by atoms with van der Waals surface area (Å²) >= 11 is 0. The molecule has 1 aromatic carbocycles. The molecule has 27 heavy (non-hydrogen) atoms. The van der Waals surface area contributed by atoms with Gasteiger partial charge in [0.1, 0.15) is 6.04 Å². The third-order valence-electron chi connectivity index (χ3n) is 4.84. The average molecular weight is 372 g/mol. The standard InChI is InChI=1S/C18H20N4O5/c1-11-18(24)21(2)7-8-22(11)16(23)6-5-15-19-20-17(27-15)12-3-4-13-14(9-12)26-10-25-13/h3-4,9,11H,5-8,10H2,1-2H3/t11-/m0/s1. The number of carbonyl (C=O) groups excluding carboxylic acids is 2. The van der Waals surface area contributed by atoms with Gasteiger partial charge in [-0.25, -0.2) is 0 Å². The van der Waals surface area contributed by atoms with Crippen molar-refractivity contribution in [3.05, 3.63) is 24.1 Å². The lowest BCUT2D eigenvalue weighted by atomic mass is 10.1. The first-order valence-electron chi connectivity index (χ1n) is 8.80. The van der Waals surface area contributed by atoms with Gasteiger partial charge in [0.15, 0.2) is 11.5 Å². The molecule has 9 nitrogen and oxygen atoms in total. The largest absolute Gasteiger partial charge is 0.454 e. The Hall–Kier alpha value is -3.10. The summed E-state index contributed by atoms with van der Waals surface area (Å²) in [7, 11) is 1.75. The zero-order chi connectivity index (χ0) is 19.0. The Morgan fingerprint density at radius 3 is 2.89 bits per heavy atom. The maximum atomic E-state index is 12.5. The summed E-state index contributed by atoms with van der Waals surface area (Å²) in [4.78, 5) is 27.8. The van der Waals surface area contributed by atoms with E-state index < -0.39 is 6.04 Å². The molecule has 3 heterocycles. The molecule has 0 aliphatic carbocycles. The quantitative estimate of drug-likeness (QED) is 0.792. The first-order valence-corrected chi connectivity index (χ1v) is 8.80. The maximum Gasteiger partial charge on any atom is 0.247 e. The number of ether oxygens (including phenoxy) is 2. The van der Waals surface area contributed by atoms with E-state index in [1.165, 1.54) is 0 Å². The fraction of sp³-hybridized carbons (Fsp3) is 0.444. The van der Waals surface area contributed by atoms with Gasteiger partial charge in [-0.2, -0.15) is 0 Å². The third-order valence-corrected chi connectivity index (χ3v) is 4.84. The molecule has 4 rings (SSSR count). The molecular weight excluding hydrogens is 352 g/mol. The van der Waals surface area contributed by atoms with Crippen LogP contribution in [0.15, 0.2) is 22.6 Å². The minimum Gasteiger partial charge on any atom is -0.454 e. The third kappa shape index (κ3) is 3.32. The molecule has 2 aliphatic heterocycles. The molecule has 0 unspecified atom stereocenters. The van der Waals surface area contributed by atoms with E-state index in [0.29, 0.717) is 42.8 Å². The predicted molar refractivity (Wildman–Crippen MR) is 93.0 cm³/mol. The number of rotatable bonds is 4. The molecule has 9 heteroatoms. The highest BCUT2D eigenvalue weighted by Gasteiger charge is 2.32. The molecule has 1 saturated heterocycles. The molecule has 2 aromatic rings. The Morgan fingerprint density at radius 2 is 2.04 bits per heavy atom. The van der Waals surface area contributed by atoms with Gasteiger partial charge in [0.2, 0.25) is 30.4 Å². The molecule has 0 bridgehead atoms. The molecule has 0 spiro atoms. The van der Waals surface area contributed by atoms with Gasteiger partial charge in [-0.15, -0.1) is 10.2 Å². The Balaban J connectivity index is 1.38. The highest BCUT2D eigenvalue weighted by molar-refractivity contribution is 5.88. The van der Waals surface area contributed by atoms with E-state index >= 15 is 0 Å². The minimum atomic E-state index is -0.442. The average Bonchev–Trinajstić information content (AvgIpc) is 3.32. The second-order valence-corrected chi connectivity index (χ2v) is 6.59. The van der Waals surface area contributed by atoms with Gasteiger partial charge in [0.25, 0.3) is 0 Å². The van der Waals surface area contributed by atoms with Crippen molar-refractivity contribution < 1.29 is 23.5 Å². The van der Waals surface area contributed by atoms with Gasteiger partial charge in [-0.1, -0.05) is 0 Å². The number of hydrogen-bond donors (Lipinski definition) is 0. The van der Waals surface area contributed by atoms with Crippen LogP contribution < -0.4 is 9.47 Å². The SMILES string of the molecule is C[C@H]1C(=O)N(C)CCN1C(=O)CCc1nnc(-c2ccc3c(c2)OCO3)o1. The van der Waals surface area contributed by atoms with E-state index in [2.05, 4.69) is 10.2 Å². The van der Waals surface area contributed by atoms with Crippen molar-refractivity contribution in [2.24, 2.45) is 0 Å². The topological polar surface area (TPSA) is 98.0 Å². The number of nitrogens with zero attached hydrogens (tertiary/aromatic N) is 4. The van der Waals surface area contributed by atoms with Crippen molar-refractivity contribution >= 4 is 11.8 Å². The Morgan fingerprint density at radius 1 is 1.22 bits per heavy atom. The van der Waals surface area contributed by atoms with E-state index in [1.807, 2.05) is 6.07 Å². The molecule has 142 valence electrons. The molecule has 1 fully saturated rings. The number of aromatic nitrogens is 2. The second kappa shape index (κ2) is 6.90. The van der Waals surface area contributed by atoms with E-state index in [0.717, 1.165) is 5.56 Å². The molecule has 0 radical (unpaired) electrons. The predicted octanol–water partition coefficient (Wildman–Crippen LogP) is 1.09. The first-order chi connectivity index (χ1) is 13.0. The Kier molecular flexibility index (Phi) is 4.43. The van der Waals surface area contributed by atoms with Crippen LogP contribution >= 0.6 is 0 Å². The lowest BCUT2D eigenvalue weighted by Crippen LogP contribution is -2.56. The summed E-state index contributed by atoms with van der Waals surface area (Å²) in [6.45, 7) is 3.03. The molecule has 0 N–H and O–H groups in total. The molecule has 1 aromatic heterocycles.